The van der Waals surface area contributed by atoms with Crippen LogP contribution in [0.2, 0.25) is 0 Å². The average Bonchev–Trinajstić information content (AvgIpc) is 3.54. The Kier molecular flexibility index (Phi) is 30.4. The van der Waals surface area contributed by atoms with Crippen LogP contribution >= 0.6 is 15.6 Å². The third kappa shape index (κ3) is 28.1. The monoisotopic (exact) mass is 989 g/mol. The van der Waals surface area contributed by atoms with Gasteiger partial charge in [0.25, 0.3) is 0 Å². The van der Waals surface area contributed by atoms with Gasteiger partial charge in [0.05, 0.1) is 19.3 Å². The Morgan fingerprint density at radius 2 is 1.49 bits per heavy atom. The molecule has 0 aliphatic carbocycles. The number of nitrogen functional groups attached to an aromatic ring is 1. The standard InChI is InChI=1S/C46H77N3O16P2/c1-4-5-6-7-11-17-22-27-37(50)28-23-18-13-10-15-20-25-30-42(52)63-38(33-60-41(51)29-24-19-14-9-8-12-16-21-26-36(2)3)34-61-66(56,57)65-67(58,59)62-35-39-43(53)44(54)45(64-39)49-32-31-40(47)48-46(49)55/h10-11,15,17-18,22-23,27,31-32,36-39,43-45,50,53-54H,4-9,12-14,16,19-21,24-26,28-30,33-35H2,1-3H3,(H,56,57)(H,58,59)(H2,47,48,55)/b15-10+,17-11-,23-18-,27-22-/t37-,38+,39+,43+,44+,45+/m0/s1. The number of aliphatic hydroxyl groups excluding tert-OH is 3. The minimum absolute atomic E-state index is 0.0605. The van der Waals surface area contributed by atoms with Gasteiger partial charge in [0.2, 0.25) is 0 Å². The minimum atomic E-state index is -5.44. The lowest BCUT2D eigenvalue weighted by Crippen LogP contribution is -2.36. The van der Waals surface area contributed by atoms with E-state index < -0.39 is 89.8 Å². The van der Waals surface area contributed by atoms with E-state index in [9.17, 15) is 48.6 Å². The zero-order valence-electron chi connectivity index (χ0n) is 39.5. The zero-order chi connectivity index (χ0) is 49.5. The second-order valence-corrected chi connectivity index (χ2v) is 20.0. The summed E-state index contributed by atoms with van der Waals surface area (Å²) in [6, 6.07) is 1.24. The van der Waals surface area contributed by atoms with E-state index in [-0.39, 0.29) is 18.7 Å². The van der Waals surface area contributed by atoms with E-state index in [2.05, 4.69) is 36.1 Å². The van der Waals surface area contributed by atoms with Crippen LogP contribution < -0.4 is 11.4 Å². The number of nitrogens with two attached hydrogens (primary N) is 1. The molecule has 21 heteroatoms. The summed E-state index contributed by atoms with van der Waals surface area (Å²) in [5.74, 6) is -0.704. The number of rotatable bonds is 37. The van der Waals surface area contributed by atoms with Gasteiger partial charge in [-0.2, -0.15) is 9.29 Å². The number of carbonyl (C=O) groups is 2. The predicted octanol–water partition coefficient (Wildman–Crippen LogP) is 7.82. The molecule has 67 heavy (non-hydrogen) atoms. The molecule has 382 valence electrons. The van der Waals surface area contributed by atoms with E-state index >= 15 is 0 Å². The first-order valence-electron chi connectivity index (χ1n) is 23.6. The Labute approximate surface area is 395 Å². The van der Waals surface area contributed by atoms with Crippen molar-refractivity contribution in [2.75, 3.05) is 25.6 Å². The number of phosphoric ester groups is 2. The van der Waals surface area contributed by atoms with Crippen LogP contribution in [-0.4, -0.2) is 96.9 Å². The predicted molar refractivity (Wildman–Crippen MR) is 253 cm³/mol. The van der Waals surface area contributed by atoms with E-state index in [0.29, 0.717) is 38.0 Å². The van der Waals surface area contributed by atoms with Crippen LogP contribution in [0.15, 0.2) is 65.7 Å². The van der Waals surface area contributed by atoms with Crippen molar-refractivity contribution in [3.8, 4) is 0 Å². The molecule has 1 aliphatic heterocycles. The molecular weight excluding hydrogens is 912 g/mol. The van der Waals surface area contributed by atoms with Crippen molar-refractivity contribution in [1.29, 1.82) is 0 Å². The second-order valence-electron chi connectivity index (χ2n) is 16.9. The fraction of sp³-hybridized carbons (Fsp3) is 0.696. The lowest BCUT2D eigenvalue weighted by atomic mass is 10.0. The molecule has 2 heterocycles. The average molecular weight is 990 g/mol. The molecule has 1 fully saturated rings. The van der Waals surface area contributed by atoms with E-state index in [1.807, 2.05) is 36.5 Å². The molecule has 1 aromatic heterocycles. The molecule has 1 aliphatic rings. The van der Waals surface area contributed by atoms with E-state index in [0.717, 1.165) is 49.3 Å². The summed E-state index contributed by atoms with van der Waals surface area (Å²) in [5, 5.41) is 31.0. The molecule has 0 aromatic carbocycles. The summed E-state index contributed by atoms with van der Waals surface area (Å²) in [4.78, 5) is 61.7. The molecule has 0 amide bonds. The smallest absolute Gasteiger partial charge is 0.462 e. The third-order valence-electron chi connectivity index (χ3n) is 10.4. The van der Waals surface area contributed by atoms with Gasteiger partial charge in [0, 0.05) is 19.0 Å². The molecule has 19 nitrogen and oxygen atoms in total. The number of allylic oxidation sites excluding steroid dienone is 6. The minimum Gasteiger partial charge on any atom is -0.462 e. The topological polar surface area (TPSA) is 286 Å². The molecule has 0 spiro atoms. The lowest BCUT2D eigenvalue weighted by molar-refractivity contribution is -0.161. The van der Waals surface area contributed by atoms with Gasteiger partial charge in [-0.15, -0.1) is 0 Å². The number of esters is 2. The number of anilines is 1. The van der Waals surface area contributed by atoms with Crippen molar-refractivity contribution in [2.45, 2.75) is 180 Å². The maximum absolute atomic E-state index is 12.8. The van der Waals surface area contributed by atoms with Crippen molar-refractivity contribution >= 4 is 33.4 Å². The second kappa shape index (κ2) is 34.1. The number of ether oxygens (including phenoxy) is 3. The molecule has 2 unspecified atom stereocenters. The first-order chi connectivity index (χ1) is 31.9. The van der Waals surface area contributed by atoms with Crippen molar-refractivity contribution in [1.82, 2.24) is 9.55 Å². The van der Waals surface area contributed by atoms with Gasteiger partial charge < -0.3 is 45.1 Å². The van der Waals surface area contributed by atoms with Gasteiger partial charge in [-0.1, -0.05) is 134 Å². The van der Waals surface area contributed by atoms with Gasteiger partial charge in [-0.05, 0) is 56.9 Å². The van der Waals surface area contributed by atoms with Crippen LogP contribution in [0.5, 0.6) is 0 Å². The zero-order valence-corrected chi connectivity index (χ0v) is 41.3. The van der Waals surface area contributed by atoms with Crippen molar-refractivity contribution in [3.05, 3.63) is 71.4 Å². The number of carbonyl (C=O) groups excluding carboxylic acids is 2. The van der Waals surface area contributed by atoms with Gasteiger partial charge in [0.15, 0.2) is 12.3 Å². The van der Waals surface area contributed by atoms with Gasteiger partial charge in [0.1, 0.15) is 30.7 Å². The lowest BCUT2D eigenvalue weighted by Gasteiger charge is -2.21. The highest BCUT2D eigenvalue weighted by Gasteiger charge is 2.46. The fourth-order valence-electron chi connectivity index (χ4n) is 6.69. The third-order valence-corrected chi connectivity index (χ3v) is 13.0. The number of hydrogen-bond acceptors (Lipinski definition) is 16. The Morgan fingerprint density at radius 1 is 0.836 bits per heavy atom. The SMILES string of the molecule is CCCCC/C=C\C=C/[C@H](O)C/C=C\C/C=C/CCCC(=O)O[C@H](COC(=O)CCCCCCCCCCC(C)C)COP(=O)(O)OP(=O)(O)OC[C@H]1O[C@@H](n2ccc(N)nc2=O)[C@H](O)[C@@H]1O. The van der Waals surface area contributed by atoms with E-state index in [4.69, 9.17) is 29.0 Å². The highest BCUT2D eigenvalue weighted by atomic mass is 31.3. The maximum Gasteiger partial charge on any atom is 0.481 e. The van der Waals surface area contributed by atoms with Crippen LogP contribution in [0.1, 0.15) is 149 Å². The van der Waals surface area contributed by atoms with Crippen LogP contribution in [-0.2, 0) is 46.3 Å². The van der Waals surface area contributed by atoms with Crippen LogP contribution in [0.25, 0.3) is 0 Å². The van der Waals surface area contributed by atoms with E-state index in [1.54, 1.807) is 6.08 Å². The van der Waals surface area contributed by atoms with Crippen molar-refractivity contribution in [3.63, 3.8) is 0 Å². The van der Waals surface area contributed by atoms with Crippen molar-refractivity contribution < 1.29 is 71.4 Å². The molecule has 0 radical (unpaired) electrons. The van der Waals surface area contributed by atoms with Crippen molar-refractivity contribution in [2.24, 2.45) is 5.92 Å². The first kappa shape index (κ1) is 59.8. The highest BCUT2D eigenvalue weighted by Crippen LogP contribution is 2.60. The van der Waals surface area contributed by atoms with Gasteiger partial charge in [-0.25, -0.2) is 13.9 Å². The number of unbranched alkanes of at least 4 members (excludes halogenated alkanes) is 11. The molecule has 0 bridgehead atoms. The Hall–Kier alpha value is -3.32. The summed E-state index contributed by atoms with van der Waals surface area (Å²) in [7, 11) is -10.9. The van der Waals surface area contributed by atoms with Crippen LogP contribution in [0.4, 0.5) is 5.82 Å². The Bertz CT molecular complexity index is 1840. The quantitative estimate of drug-likeness (QED) is 0.0122. The number of aliphatic hydroxyl groups is 3. The largest absolute Gasteiger partial charge is 0.481 e. The molecule has 2 rings (SSSR count). The number of phosphoric acid groups is 2. The molecular formula is C46H77N3O16P2. The Morgan fingerprint density at radius 3 is 2.19 bits per heavy atom. The summed E-state index contributed by atoms with van der Waals surface area (Å²) in [6.45, 7) is 4.21. The van der Waals surface area contributed by atoms with Crippen LogP contribution in [0, 0.1) is 5.92 Å². The molecule has 1 aromatic rings. The summed E-state index contributed by atoms with van der Waals surface area (Å²) < 4.78 is 56.5. The van der Waals surface area contributed by atoms with E-state index in [1.165, 1.54) is 44.6 Å². The highest BCUT2D eigenvalue weighted by molar-refractivity contribution is 7.61. The summed E-state index contributed by atoms with van der Waals surface area (Å²) >= 11 is 0. The molecule has 0 saturated carbocycles. The summed E-state index contributed by atoms with van der Waals surface area (Å²) in [5.41, 5.74) is 4.57. The number of aromatic nitrogens is 2. The maximum atomic E-state index is 12.8. The Balaban J connectivity index is 1.87. The number of nitrogens with zero attached hydrogens (tertiary/aromatic N) is 2. The van der Waals surface area contributed by atoms with Gasteiger partial charge >= 0.3 is 33.3 Å². The van der Waals surface area contributed by atoms with Crippen LogP contribution in [0.3, 0.4) is 0 Å². The first-order valence-corrected chi connectivity index (χ1v) is 26.6. The molecule has 7 N–H and O–H groups in total. The summed E-state index contributed by atoms with van der Waals surface area (Å²) in [6.07, 6.45) is 24.0. The molecule has 8 atom stereocenters. The normalized spacial score (nSPS) is 20.6. The fourth-order valence-corrected chi connectivity index (χ4v) is 8.80. The number of hydrogen-bond donors (Lipinski definition) is 6. The van der Waals surface area contributed by atoms with Gasteiger partial charge in [-0.3, -0.25) is 23.2 Å². The molecule has 1 saturated heterocycles.